The molecular weight excluding hydrogens is 352 g/mol. The minimum absolute atomic E-state index is 0.00210. The number of rotatable bonds is 8. The van der Waals surface area contributed by atoms with Gasteiger partial charge < -0.3 is 9.16 Å². The molecule has 0 aromatic carbocycles. The molecule has 27 heavy (non-hydrogen) atoms. The fourth-order valence-electron chi connectivity index (χ4n) is 2.46. The first-order valence-electron chi connectivity index (χ1n) is 9.68. The zero-order chi connectivity index (χ0) is 21.4. The van der Waals surface area contributed by atoms with E-state index in [0.29, 0.717) is 0 Å². The Morgan fingerprint density at radius 3 is 2.04 bits per heavy atom. The molecule has 0 amide bonds. The minimum Gasteiger partial charge on any atom is -0.466 e. The van der Waals surface area contributed by atoms with E-state index in [0.717, 1.165) is 5.57 Å². The van der Waals surface area contributed by atoms with E-state index in [9.17, 15) is 4.79 Å². The number of ether oxygens (including phenoxy) is 1. The highest BCUT2D eigenvalue weighted by Crippen LogP contribution is 2.39. The normalized spacial score (nSPS) is 17.2. The van der Waals surface area contributed by atoms with Crippen molar-refractivity contribution in [3.8, 4) is 0 Å². The van der Waals surface area contributed by atoms with Crippen LogP contribution in [0.4, 0.5) is 0 Å². The van der Waals surface area contributed by atoms with E-state index in [4.69, 9.17) is 4.43 Å². The third-order valence-electron chi connectivity index (χ3n) is 5.27. The van der Waals surface area contributed by atoms with E-state index in [-0.39, 0.29) is 23.0 Å². The fourth-order valence-corrected chi connectivity index (χ4v) is 3.85. The average molecular weight is 393 g/mol. The summed E-state index contributed by atoms with van der Waals surface area (Å²) in [6, 6.07) is 0. The van der Waals surface area contributed by atoms with Crippen molar-refractivity contribution in [3.05, 3.63) is 47.1 Å². The van der Waals surface area contributed by atoms with Crippen LogP contribution in [0, 0.1) is 5.92 Å². The van der Waals surface area contributed by atoms with Gasteiger partial charge in [0.2, 0.25) is 0 Å². The maximum atomic E-state index is 11.3. The molecule has 0 radical (unpaired) electrons. The summed E-state index contributed by atoms with van der Waals surface area (Å²) in [6.07, 6.45) is 9.73. The highest BCUT2D eigenvalue weighted by atomic mass is 28.4. The Hall–Kier alpha value is -1.39. The molecule has 0 saturated heterocycles. The van der Waals surface area contributed by atoms with Gasteiger partial charge in [-0.25, -0.2) is 4.79 Å². The van der Waals surface area contributed by atoms with Crippen LogP contribution in [0.1, 0.15) is 55.4 Å². The lowest BCUT2D eigenvalue weighted by Gasteiger charge is -2.41. The van der Waals surface area contributed by atoms with Gasteiger partial charge in [0.1, 0.15) is 0 Å². The Bertz CT molecular complexity index is 616. The van der Waals surface area contributed by atoms with Gasteiger partial charge in [-0.2, -0.15) is 0 Å². The summed E-state index contributed by atoms with van der Waals surface area (Å²) in [5, 5.41) is 0.143. The van der Waals surface area contributed by atoms with Crippen molar-refractivity contribution in [1.29, 1.82) is 0 Å². The number of esters is 1. The predicted octanol–water partition coefficient (Wildman–Crippen LogP) is 6.60. The van der Waals surface area contributed by atoms with Crippen molar-refractivity contribution >= 4 is 14.3 Å². The lowest BCUT2D eigenvalue weighted by Crippen LogP contribution is -2.45. The maximum Gasteiger partial charge on any atom is 0.330 e. The van der Waals surface area contributed by atoms with Crippen LogP contribution < -0.4 is 0 Å². The van der Waals surface area contributed by atoms with Crippen LogP contribution in [0.3, 0.4) is 0 Å². The summed E-state index contributed by atoms with van der Waals surface area (Å²) in [5.74, 6) is -0.161. The van der Waals surface area contributed by atoms with Gasteiger partial charge in [-0.3, -0.25) is 0 Å². The largest absolute Gasteiger partial charge is 0.466 e. The molecule has 0 rings (SSSR count). The van der Waals surface area contributed by atoms with Gasteiger partial charge in [0, 0.05) is 12.0 Å². The third kappa shape index (κ3) is 8.89. The molecule has 0 bridgehead atoms. The molecule has 0 unspecified atom stereocenters. The molecule has 0 spiro atoms. The molecule has 3 nitrogen and oxygen atoms in total. The van der Waals surface area contributed by atoms with Crippen molar-refractivity contribution in [2.24, 2.45) is 5.92 Å². The second-order valence-corrected chi connectivity index (χ2v) is 13.6. The summed E-state index contributed by atoms with van der Waals surface area (Å²) >= 11 is 0. The van der Waals surface area contributed by atoms with Gasteiger partial charge >= 0.3 is 5.97 Å². The number of allylic oxidation sites excluding steroid dienone is 5. The second-order valence-electron chi connectivity index (χ2n) is 8.85. The number of methoxy groups -OCH3 is 1. The molecule has 0 aliphatic rings. The van der Waals surface area contributed by atoms with E-state index < -0.39 is 8.32 Å². The Kier molecular flexibility index (Phi) is 10.3. The van der Waals surface area contributed by atoms with Crippen molar-refractivity contribution in [1.82, 2.24) is 0 Å². The molecule has 4 heteroatoms. The summed E-state index contributed by atoms with van der Waals surface area (Å²) in [4.78, 5) is 11.3. The topological polar surface area (TPSA) is 35.5 Å². The first-order valence-corrected chi connectivity index (χ1v) is 12.6. The SMILES string of the molecule is C/C=C(C)/C=C(\C)[C@H](O[Si](C)(C)C(C)(C)C)[C@H](C)/C=C(C)/C=C/C(=O)OC. The molecule has 0 saturated carbocycles. The number of carbonyl (C=O) groups is 1. The van der Waals surface area contributed by atoms with Crippen LogP contribution in [-0.2, 0) is 14.0 Å². The van der Waals surface area contributed by atoms with Crippen LogP contribution >= 0.6 is 0 Å². The van der Waals surface area contributed by atoms with E-state index in [1.54, 1.807) is 6.08 Å². The van der Waals surface area contributed by atoms with Gasteiger partial charge in [0.25, 0.3) is 0 Å². The van der Waals surface area contributed by atoms with E-state index in [1.807, 2.05) is 13.8 Å². The summed E-state index contributed by atoms with van der Waals surface area (Å²) in [5.41, 5.74) is 3.48. The van der Waals surface area contributed by atoms with Crippen LogP contribution in [0.5, 0.6) is 0 Å². The minimum atomic E-state index is -1.93. The monoisotopic (exact) mass is 392 g/mol. The van der Waals surface area contributed by atoms with E-state index >= 15 is 0 Å². The van der Waals surface area contributed by atoms with E-state index in [1.165, 1.54) is 24.3 Å². The molecule has 0 N–H and O–H groups in total. The van der Waals surface area contributed by atoms with Crippen molar-refractivity contribution in [2.45, 2.75) is 79.6 Å². The summed E-state index contributed by atoms with van der Waals surface area (Å²) < 4.78 is 11.5. The number of hydrogen-bond acceptors (Lipinski definition) is 3. The molecule has 0 fully saturated rings. The first kappa shape index (κ1) is 25.6. The summed E-state index contributed by atoms with van der Waals surface area (Å²) in [6.45, 7) is 21.8. The van der Waals surface area contributed by atoms with Crippen LogP contribution in [0.15, 0.2) is 47.1 Å². The number of carbonyl (C=O) groups excluding carboxylic acids is 1. The summed E-state index contributed by atoms with van der Waals surface area (Å²) in [7, 11) is -0.546. The molecule has 0 aromatic rings. The van der Waals surface area contributed by atoms with Crippen molar-refractivity contribution in [2.75, 3.05) is 7.11 Å². The Balaban J connectivity index is 5.81. The van der Waals surface area contributed by atoms with Gasteiger partial charge in [-0.15, -0.1) is 0 Å². The number of hydrogen-bond donors (Lipinski definition) is 0. The molecule has 154 valence electrons. The smallest absolute Gasteiger partial charge is 0.330 e. The highest BCUT2D eigenvalue weighted by Gasteiger charge is 2.40. The van der Waals surface area contributed by atoms with Crippen LogP contribution in [0.2, 0.25) is 18.1 Å². The van der Waals surface area contributed by atoms with Gasteiger partial charge in [0.15, 0.2) is 8.32 Å². The fraction of sp³-hybridized carbons (Fsp3) is 0.609. The van der Waals surface area contributed by atoms with E-state index in [2.05, 4.69) is 77.6 Å². The molecule has 0 aliphatic carbocycles. The Morgan fingerprint density at radius 1 is 1.04 bits per heavy atom. The Morgan fingerprint density at radius 2 is 1.59 bits per heavy atom. The highest BCUT2D eigenvalue weighted by molar-refractivity contribution is 6.74. The standard InChI is InChI=1S/C23H40O3Si/c1-12-17(2)15-19(4)22(26-27(10,11)23(6,7)8)20(5)16-18(3)13-14-21(24)25-9/h12-16,20,22H,1-11H3/b14-13+,17-12+,18-16+,19-15+/t20-,22+/m1/s1. The van der Waals surface area contributed by atoms with Crippen LogP contribution in [-0.4, -0.2) is 27.5 Å². The zero-order valence-electron chi connectivity index (χ0n) is 19.3. The van der Waals surface area contributed by atoms with Crippen molar-refractivity contribution in [3.63, 3.8) is 0 Å². The molecule has 0 aliphatic heterocycles. The Labute approximate surface area is 168 Å². The molecule has 0 heterocycles. The van der Waals surface area contributed by atoms with Crippen LogP contribution in [0.25, 0.3) is 0 Å². The average Bonchev–Trinajstić information content (AvgIpc) is 2.55. The van der Waals surface area contributed by atoms with Crippen molar-refractivity contribution < 1.29 is 14.0 Å². The predicted molar refractivity (Wildman–Crippen MR) is 119 cm³/mol. The lowest BCUT2D eigenvalue weighted by molar-refractivity contribution is -0.134. The quantitative estimate of drug-likeness (QED) is 0.202. The first-order chi connectivity index (χ1) is 12.2. The molecule has 2 atom stereocenters. The lowest BCUT2D eigenvalue weighted by atomic mass is 9.95. The van der Waals surface area contributed by atoms with Gasteiger partial charge in [0.05, 0.1) is 13.2 Å². The molecular formula is C23H40O3Si. The van der Waals surface area contributed by atoms with Gasteiger partial charge in [-0.1, -0.05) is 63.1 Å². The maximum absolute atomic E-state index is 11.3. The zero-order valence-corrected chi connectivity index (χ0v) is 20.3. The second kappa shape index (κ2) is 10.8. The molecule has 0 aromatic heterocycles. The third-order valence-corrected chi connectivity index (χ3v) is 9.73. The van der Waals surface area contributed by atoms with Gasteiger partial charge in [-0.05, 0) is 51.4 Å².